The minimum absolute atomic E-state index is 0.00840. The molecule has 1 N–H and O–H groups in total. The maximum Gasteiger partial charge on any atom is 0.237 e. The molecule has 1 aromatic carbocycles. The lowest BCUT2D eigenvalue weighted by Crippen LogP contribution is -2.34. The first-order valence-corrected chi connectivity index (χ1v) is 6.18. The largest absolute Gasteiger partial charge is 0.508 e. The van der Waals surface area contributed by atoms with Gasteiger partial charge in [0, 0.05) is 13.1 Å². The van der Waals surface area contributed by atoms with Crippen LogP contribution in [0.5, 0.6) is 5.75 Å². The molecule has 0 saturated carbocycles. The van der Waals surface area contributed by atoms with Crippen molar-refractivity contribution < 1.29 is 9.90 Å². The van der Waals surface area contributed by atoms with Gasteiger partial charge in [-0.25, -0.2) is 0 Å². The minimum atomic E-state index is -0.0799. The number of hydrogen-bond acceptors (Lipinski definition) is 2. The molecule has 1 rings (SSSR count). The number of carbonyl (C=O) groups is 1. The van der Waals surface area contributed by atoms with Crippen LogP contribution in [0.4, 0.5) is 0 Å². The van der Waals surface area contributed by atoms with Gasteiger partial charge in [-0.2, -0.15) is 0 Å². The average Bonchev–Trinajstić information content (AvgIpc) is 2.26. The Labute approximate surface area is 107 Å². The highest BCUT2D eigenvalue weighted by molar-refractivity contribution is 6.27. The first-order valence-electron chi connectivity index (χ1n) is 5.64. The summed E-state index contributed by atoms with van der Waals surface area (Å²) in [6.45, 7) is 5.26. The van der Waals surface area contributed by atoms with Crippen LogP contribution < -0.4 is 0 Å². The summed E-state index contributed by atoms with van der Waals surface area (Å²) in [6.07, 6.45) is 0. The molecule has 94 valence electrons. The Morgan fingerprint density at radius 1 is 1.47 bits per heavy atom. The van der Waals surface area contributed by atoms with Crippen LogP contribution in [0.3, 0.4) is 0 Å². The van der Waals surface area contributed by atoms with E-state index in [9.17, 15) is 9.90 Å². The fourth-order valence-corrected chi connectivity index (χ4v) is 1.82. The summed E-state index contributed by atoms with van der Waals surface area (Å²) >= 11 is 5.59. The van der Waals surface area contributed by atoms with E-state index in [1.807, 2.05) is 6.07 Å². The SMILES string of the molecule is CC(C)CN(Cc1cccc(O)c1)C(=O)CCl. The summed E-state index contributed by atoms with van der Waals surface area (Å²) in [6, 6.07) is 6.92. The van der Waals surface area contributed by atoms with Crippen LogP contribution in [0.15, 0.2) is 24.3 Å². The molecule has 0 unspecified atom stereocenters. The number of phenols is 1. The monoisotopic (exact) mass is 255 g/mol. The van der Waals surface area contributed by atoms with Gasteiger partial charge in [-0.05, 0) is 23.6 Å². The quantitative estimate of drug-likeness (QED) is 0.822. The van der Waals surface area contributed by atoms with Gasteiger partial charge in [-0.1, -0.05) is 26.0 Å². The van der Waals surface area contributed by atoms with Crippen LogP contribution in [0.2, 0.25) is 0 Å². The third-order valence-electron chi connectivity index (χ3n) is 2.34. The summed E-state index contributed by atoms with van der Waals surface area (Å²) in [4.78, 5) is 13.4. The number of rotatable bonds is 5. The number of alkyl halides is 1. The van der Waals surface area contributed by atoms with E-state index < -0.39 is 0 Å². The van der Waals surface area contributed by atoms with Gasteiger partial charge in [-0.15, -0.1) is 11.6 Å². The first kappa shape index (κ1) is 13.8. The van der Waals surface area contributed by atoms with Crippen molar-refractivity contribution in [3.8, 4) is 5.75 Å². The maximum absolute atomic E-state index is 11.7. The lowest BCUT2D eigenvalue weighted by Gasteiger charge is -2.24. The van der Waals surface area contributed by atoms with E-state index >= 15 is 0 Å². The molecule has 0 aliphatic heterocycles. The second-order valence-corrected chi connectivity index (χ2v) is 4.74. The van der Waals surface area contributed by atoms with Crippen LogP contribution in [-0.4, -0.2) is 28.3 Å². The molecule has 0 heterocycles. The van der Waals surface area contributed by atoms with Gasteiger partial charge >= 0.3 is 0 Å². The van der Waals surface area contributed by atoms with E-state index in [0.717, 1.165) is 5.56 Å². The number of aromatic hydroxyl groups is 1. The fourth-order valence-electron chi connectivity index (χ4n) is 1.66. The standard InChI is InChI=1S/C13H18ClNO2/c1-10(2)8-15(13(17)7-14)9-11-4-3-5-12(16)6-11/h3-6,10,16H,7-9H2,1-2H3. The maximum atomic E-state index is 11.7. The van der Waals surface area contributed by atoms with Gasteiger partial charge in [0.15, 0.2) is 0 Å². The van der Waals surface area contributed by atoms with Crippen LogP contribution >= 0.6 is 11.6 Å². The zero-order valence-electron chi connectivity index (χ0n) is 10.2. The molecule has 1 amide bonds. The van der Waals surface area contributed by atoms with E-state index in [-0.39, 0.29) is 17.5 Å². The van der Waals surface area contributed by atoms with Crippen molar-refractivity contribution in [2.24, 2.45) is 5.92 Å². The molecule has 0 aliphatic carbocycles. The molecule has 0 aliphatic rings. The molecular formula is C13H18ClNO2. The van der Waals surface area contributed by atoms with Gasteiger partial charge in [0.05, 0.1) is 0 Å². The van der Waals surface area contributed by atoms with Crippen molar-refractivity contribution in [1.29, 1.82) is 0 Å². The van der Waals surface area contributed by atoms with Crippen LogP contribution in [-0.2, 0) is 11.3 Å². The molecule has 0 saturated heterocycles. The smallest absolute Gasteiger partial charge is 0.237 e. The lowest BCUT2D eigenvalue weighted by atomic mass is 10.1. The Bertz CT molecular complexity index is 379. The lowest BCUT2D eigenvalue weighted by molar-refractivity contribution is -0.129. The van der Waals surface area contributed by atoms with Gasteiger partial charge in [0.2, 0.25) is 5.91 Å². The average molecular weight is 256 g/mol. The van der Waals surface area contributed by atoms with Gasteiger partial charge in [0.1, 0.15) is 11.6 Å². The van der Waals surface area contributed by atoms with Gasteiger partial charge in [-0.3, -0.25) is 4.79 Å². The summed E-state index contributed by atoms with van der Waals surface area (Å²) < 4.78 is 0. The molecule has 4 heteroatoms. The zero-order valence-corrected chi connectivity index (χ0v) is 10.9. The van der Waals surface area contributed by atoms with E-state index in [2.05, 4.69) is 13.8 Å². The molecule has 0 atom stereocenters. The number of nitrogens with zero attached hydrogens (tertiary/aromatic N) is 1. The van der Waals surface area contributed by atoms with Crippen molar-refractivity contribution in [3.63, 3.8) is 0 Å². The highest BCUT2D eigenvalue weighted by Gasteiger charge is 2.14. The molecule has 0 radical (unpaired) electrons. The number of phenolic OH excluding ortho intramolecular Hbond substituents is 1. The van der Waals surface area contributed by atoms with Crippen LogP contribution in [0, 0.1) is 5.92 Å². The zero-order chi connectivity index (χ0) is 12.8. The van der Waals surface area contributed by atoms with Crippen LogP contribution in [0.1, 0.15) is 19.4 Å². The minimum Gasteiger partial charge on any atom is -0.508 e. The molecule has 3 nitrogen and oxygen atoms in total. The number of benzene rings is 1. The highest BCUT2D eigenvalue weighted by atomic mass is 35.5. The van der Waals surface area contributed by atoms with Crippen molar-refractivity contribution in [1.82, 2.24) is 4.90 Å². The summed E-state index contributed by atoms with van der Waals surface area (Å²) in [7, 11) is 0. The number of carbonyl (C=O) groups excluding carboxylic acids is 1. The molecule has 0 bridgehead atoms. The van der Waals surface area contributed by atoms with Crippen molar-refractivity contribution in [2.75, 3.05) is 12.4 Å². The predicted molar refractivity (Wildman–Crippen MR) is 69.1 cm³/mol. The van der Waals surface area contributed by atoms with Gasteiger partial charge < -0.3 is 10.0 Å². The second-order valence-electron chi connectivity index (χ2n) is 4.47. The first-order chi connectivity index (χ1) is 8.02. The Balaban J connectivity index is 2.75. The van der Waals surface area contributed by atoms with E-state index in [0.29, 0.717) is 19.0 Å². The van der Waals surface area contributed by atoms with Crippen molar-refractivity contribution in [2.45, 2.75) is 20.4 Å². The topological polar surface area (TPSA) is 40.5 Å². The van der Waals surface area contributed by atoms with E-state index in [4.69, 9.17) is 11.6 Å². The van der Waals surface area contributed by atoms with Crippen LogP contribution in [0.25, 0.3) is 0 Å². The number of amides is 1. The number of halogens is 1. The molecule has 0 spiro atoms. The third kappa shape index (κ3) is 4.65. The fraction of sp³-hybridized carbons (Fsp3) is 0.462. The van der Waals surface area contributed by atoms with Crippen molar-refractivity contribution in [3.05, 3.63) is 29.8 Å². The summed E-state index contributed by atoms with van der Waals surface area (Å²) in [5, 5.41) is 9.37. The Hall–Kier alpha value is -1.22. The second kappa shape index (κ2) is 6.50. The summed E-state index contributed by atoms with van der Waals surface area (Å²) in [5.74, 6) is 0.513. The Morgan fingerprint density at radius 2 is 2.18 bits per heavy atom. The molecular weight excluding hydrogens is 238 g/mol. The number of hydrogen-bond donors (Lipinski definition) is 1. The third-order valence-corrected chi connectivity index (χ3v) is 2.57. The molecule has 17 heavy (non-hydrogen) atoms. The predicted octanol–water partition coefficient (Wildman–Crippen LogP) is 2.62. The van der Waals surface area contributed by atoms with E-state index in [1.54, 1.807) is 23.1 Å². The molecule has 1 aromatic rings. The highest BCUT2D eigenvalue weighted by Crippen LogP contribution is 2.14. The summed E-state index contributed by atoms with van der Waals surface area (Å²) in [5.41, 5.74) is 0.907. The molecule has 0 fully saturated rings. The van der Waals surface area contributed by atoms with Gasteiger partial charge in [0.25, 0.3) is 0 Å². The van der Waals surface area contributed by atoms with Crippen molar-refractivity contribution >= 4 is 17.5 Å². The Morgan fingerprint density at radius 3 is 2.71 bits per heavy atom. The Kier molecular flexibility index (Phi) is 5.29. The molecule has 0 aromatic heterocycles. The van der Waals surface area contributed by atoms with E-state index in [1.165, 1.54) is 0 Å². The normalized spacial score (nSPS) is 10.6.